The topological polar surface area (TPSA) is 61.7 Å². The fourth-order valence-corrected chi connectivity index (χ4v) is 2.60. The summed E-state index contributed by atoms with van der Waals surface area (Å²) in [6, 6.07) is 20.7. The molecule has 120 valence electrons. The summed E-state index contributed by atoms with van der Waals surface area (Å²) in [5.41, 5.74) is 4.95. The molecule has 0 fully saturated rings. The maximum Gasteiger partial charge on any atom is 0.244 e. The molecule has 3 rings (SSSR count). The third-order valence-corrected chi connectivity index (χ3v) is 3.84. The van der Waals surface area contributed by atoms with Crippen LogP contribution in [0.2, 0.25) is 0 Å². The van der Waals surface area contributed by atoms with Crippen LogP contribution in [0, 0.1) is 0 Å². The van der Waals surface area contributed by atoms with Gasteiger partial charge in [0.2, 0.25) is 5.91 Å². The Morgan fingerprint density at radius 2 is 1.79 bits per heavy atom. The summed E-state index contributed by atoms with van der Waals surface area (Å²) >= 11 is 0. The van der Waals surface area contributed by atoms with Gasteiger partial charge in [-0.25, -0.2) is 5.43 Å². The molecule has 4 heteroatoms. The largest absolute Gasteiger partial charge is 0.508 e. The van der Waals surface area contributed by atoms with Gasteiger partial charge in [-0.3, -0.25) is 4.79 Å². The first kappa shape index (κ1) is 15.7. The number of benzene rings is 3. The Hall–Kier alpha value is -3.14. The van der Waals surface area contributed by atoms with Gasteiger partial charge in [0.25, 0.3) is 0 Å². The first-order chi connectivity index (χ1) is 11.6. The smallest absolute Gasteiger partial charge is 0.244 e. The molecule has 0 aromatic heterocycles. The maximum absolute atomic E-state index is 12.2. The van der Waals surface area contributed by atoms with Gasteiger partial charge in [-0.2, -0.15) is 5.10 Å². The number of hydrazone groups is 1. The molecule has 2 N–H and O–H groups in total. The summed E-state index contributed by atoms with van der Waals surface area (Å²) in [5.74, 6) is -0.00464. The Bertz CT molecular complexity index is 911. The predicted octanol–water partition coefficient (Wildman–Crippen LogP) is 3.63. The van der Waals surface area contributed by atoms with Gasteiger partial charge < -0.3 is 5.11 Å². The van der Waals surface area contributed by atoms with Crippen LogP contribution in [-0.4, -0.2) is 16.7 Å². The normalized spacial score (nSPS) is 11.5. The minimum absolute atomic E-state index is 0.170. The molecule has 0 heterocycles. The quantitative estimate of drug-likeness (QED) is 0.570. The highest BCUT2D eigenvalue weighted by atomic mass is 16.3. The highest BCUT2D eigenvalue weighted by Gasteiger charge is 2.07. The number of nitrogens with one attached hydrogen (secondary N) is 1. The van der Waals surface area contributed by atoms with Gasteiger partial charge in [0.05, 0.1) is 12.1 Å². The minimum Gasteiger partial charge on any atom is -0.508 e. The van der Waals surface area contributed by atoms with Crippen LogP contribution in [0.25, 0.3) is 10.8 Å². The second-order valence-corrected chi connectivity index (χ2v) is 5.60. The lowest BCUT2D eigenvalue weighted by Crippen LogP contribution is -2.21. The summed E-state index contributed by atoms with van der Waals surface area (Å²) in [6.07, 6.45) is 0.262. The Kier molecular flexibility index (Phi) is 4.57. The summed E-state index contributed by atoms with van der Waals surface area (Å²) in [5, 5.41) is 15.8. The number of phenols is 1. The maximum atomic E-state index is 12.2. The Morgan fingerprint density at radius 1 is 1.04 bits per heavy atom. The van der Waals surface area contributed by atoms with Crippen LogP contribution in [0.5, 0.6) is 5.75 Å². The van der Waals surface area contributed by atoms with E-state index in [4.69, 9.17) is 0 Å². The lowest BCUT2D eigenvalue weighted by atomic mass is 10.0. The van der Waals surface area contributed by atoms with Gasteiger partial charge in [0.15, 0.2) is 0 Å². The molecule has 4 nitrogen and oxygen atoms in total. The van der Waals surface area contributed by atoms with E-state index in [9.17, 15) is 9.90 Å². The minimum atomic E-state index is -0.175. The van der Waals surface area contributed by atoms with E-state index in [0.717, 1.165) is 21.9 Å². The van der Waals surface area contributed by atoms with Crippen molar-refractivity contribution in [2.75, 3.05) is 0 Å². The summed E-state index contributed by atoms with van der Waals surface area (Å²) in [6.45, 7) is 1.78. The number of aromatic hydroxyl groups is 1. The van der Waals surface area contributed by atoms with E-state index in [-0.39, 0.29) is 18.1 Å². The number of rotatable bonds is 4. The van der Waals surface area contributed by atoms with Crippen molar-refractivity contribution in [2.45, 2.75) is 13.3 Å². The molecule has 3 aromatic carbocycles. The number of hydrogen-bond donors (Lipinski definition) is 2. The second kappa shape index (κ2) is 6.96. The summed E-state index contributed by atoms with van der Waals surface area (Å²) < 4.78 is 0. The van der Waals surface area contributed by atoms with Gasteiger partial charge in [0, 0.05) is 5.56 Å². The molecule has 0 saturated heterocycles. The second-order valence-electron chi connectivity index (χ2n) is 5.60. The fraction of sp³-hybridized carbons (Fsp3) is 0.100. The Labute approximate surface area is 140 Å². The molecule has 1 amide bonds. The van der Waals surface area contributed by atoms with Crippen molar-refractivity contribution in [3.05, 3.63) is 77.9 Å². The Balaban J connectivity index is 1.72. The summed E-state index contributed by atoms with van der Waals surface area (Å²) in [4.78, 5) is 12.2. The number of carbonyl (C=O) groups excluding carboxylic acids is 1. The van der Waals surface area contributed by atoms with Gasteiger partial charge in [-0.15, -0.1) is 0 Å². The van der Waals surface area contributed by atoms with E-state index in [2.05, 4.69) is 10.5 Å². The van der Waals surface area contributed by atoms with Crippen LogP contribution in [0.4, 0.5) is 0 Å². The molecule has 0 saturated carbocycles. The average Bonchev–Trinajstić information content (AvgIpc) is 2.60. The van der Waals surface area contributed by atoms with E-state index < -0.39 is 0 Å². The van der Waals surface area contributed by atoms with Crippen molar-refractivity contribution < 1.29 is 9.90 Å². The van der Waals surface area contributed by atoms with Crippen molar-refractivity contribution in [2.24, 2.45) is 5.10 Å². The standard InChI is InChI=1S/C20H18N2O2/c1-14(16-8-5-10-18(23)12-16)21-22-20(24)13-17-9-4-7-15-6-2-3-11-19(15)17/h2-12,23H,13H2,1H3,(H,22,24). The molecule has 0 aliphatic rings. The lowest BCUT2D eigenvalue weighted by molar-refractivity contribution is -0.120. The van der Waals surface area contributed by atoms with E-state index in [1.165, 1.54) is 0 Å². The SMILES string of the molecule is CC(=NNC(=O)Cc1cccc2ccccc12)c1cccc(O)c1. The van der Waals surface area contributed by atoms with Crippen molar-refractivity contribution in [3.63, 3.8) is 0 Å². The molecular weight excluding hydrogens is 300 g/mol. The van der Waals surface area contributed by atoms with Gasteiger partial charge in [-0.05, 0) is 35.4 Å². The van der Waals surface area contributed by atoms with Crippen molar-refractivity contribution in [3.8, 4) is 5.75 Å². The van der Waals surface area contributed by atoms with Crippen LogP contribution in [0.15, 0.2) is 71.8 Å². The zero-order valence-electron chi connectivity index (χ0n) is 13.4. The number of hydrogen-bond acceptors (Lipinski definition) is 3. The first-order valence-electron chi connectivity index (χ1n) is 7.72. The van der Waals surface area contributed by atoms with Gasteiger partial charge in [-0.1, -0.05) is 54.6 Å². The van der Waals surface area contributed by atoms with E-state index in [0.29, 0.717) is 5.71 Å². The van der Waals surface area contributed by atoms with Crippen molar-refractivity contribution in [1.82, 2.24) is 5.43 Å². The third-order valence-electron chi connectivity index (χ3n) is 3.84. The van der Waals surface area contributed by atoms with Crippen molar-refractivity contribution >= 4 is 22.4 Å². The van der Waals surface area contributed by atoms with Crippen molar-refractivity contribution in [1.29, 1.82) is 0 Å². The highest BCUT2D eigenvalue weighted by molar-refractivity contribution is 5.99. The molecular formula is C20H18N2O2. The van der Waals surface area contributed by atoms with Gasteiger partial charge in [0.1, 0.15) is 5.75 Å². The zero-order chi connectivity index (χ0) is 16.9. The highest BCUT2D eigenvalue weighted by Crippen LogP contribution is 2.18. The molecule has 0 bridgehead atoms. The summed E-state index contributed by atoms with van der Waals surface area (Å²) in [7, 11) is 0. The van der Waals surface area contributed by atoms with Crippen LogP contribution in [0.1, 0.15) is 18.1 Å². The first-order valence-corrected chi connectivity index (χ1v) is 7.72. The monoisotopic (exact) mass is 318 g/mol. The van der Waals surface area contributed by atoms with Crippen LogP contribution in [0.3, 0.4) is 0 Å². The van der Waals surface area contributed by atoms with Gasteiger partial charge >= 0.3 is 0 Å². The zero-order valence-corrected chi connectivity index (χ0v) is 13.4. The van der Waals surface area contributed by atoms with Crippen LogP contribution < -0.4 is 5.43 Å². The third kappa shape index (κ3) is 3.60. The van der Waals surface area contributed by atoms with Crippen LogP contribution in [-0.2, 0) is 11.2 Å². The number of phenolic OH excluding ortho intramolecular Hbond substituents is 1. The fourth-order valence-electron chi connectivity index (χ4n) is 2.60. The van der Waals surface area contributed by atoms with Crippen LogP contribution >= 0.6 is 0 Å². The number of amides is 1. The molecule has 24 heavy (non-hydrogen) atoms. The average molecular weight is 318 g/mol. The molecule has 0 atom stereocenters. The van der Waals surface area contributed by atoms with E-state index in [1.807, 2.05) is 48.5 Å². The molecule has 0 aliphatic heterocycles. The molecule has 0 unspecified atom stereocenters. The molecule has 0 aliphatic carbocycles. The molecule has 0 spiro atoms. The number of carbonyl (C=O) groups is 1. The lowest BCUT2D eigenvalue weighted by Gasteiger charge is -2.06. The Morgan fingerprint density at radius 3 is 2.62 bits per heavy atom. The number of fused-ring (bicyclic) bond motifs is 1. The molecule has 3 aromatic rings. The molecule has 0 radical (unpaired) electrons. The van der Waals surface area contributed by atoms with E-state index >= 15 is 0 Å². The number of nitrogens with zero attached hydrogens (tertiary/aromatic N) is 1. The predicted molar refractivity (Wildman–Crippen MR) is 96.1 cm³/mol. The van der Waals surface area contributed by atoms with E-state index in [1.54, 1.807) is 25.1 Å².